The fourth-order valence-electron chi connectivity index (χ4n) is 2.15. The Morgan fingerprint density at radius 2 is 1.75 bits per heavy atom. The number of ether oxygens (including phenoxy) is 2. The van der Waals surface area contributed by atoms with Gasteiger partial charge in [0.05, 0.1) is 24.7 Å². The van der Waals surface area contributed by atoms with E-state index in [4.69, 9.17) is 4.74 Å². The molecule has 0 saturated heterocycles. The van der Waals surface area contributed by atoms with Crippen LogP contribution in [0.5, 0.6) is 0 Å². The molecule has 24 heavy (non-hydrogen) atoms. The lowest BCUT2D eigenvalue weighted by atomic mass is 10.1. The molecule has 126 valence electrons. The molecule has 0 bridgehead atoms. The van der Waals surface area contributed by atoms with Gasteiger partial charge in [-0.15, -0.1) is 11.3 Å². The minimum Gasteiger partial charge on any atom is -0.469 e. The van der Waals surface area contributed by atoms with Gasteiger partial charge in [-0.3, -0.25) is 9.59 Å². The molecule has 0 aliphatic rings. The minimum atomic E-state index is -0.620. The summed E-state index contributed by atoms with van der Waals surface area (Å²) in [6, 6.07) is 9.25. The van der Waals surface area contributed by atoms with Gasteiger partial charge in [0.15, 0.2) is 5.78 Å². The van der Waals surface area contributed by atoms with Crippen molar-refractivity contribution in [3.05, 3.63) is 46.3 Å². The SMILES string of the molecule is COC(=O)CC(=O)c1sc(Nc2ccccc2)c(C(=O)OC)c1C. The van der Waals surface area contributed by atoms with Gasteiger partial charge in [-0.25, -0.2) is 4.79 Å². The van der Waals surface area contributed by atoms with Crippen LogP contribution in [0.25, 0.3) is 0 Å². The number of esters is 2. The first-order valence-electron chi connectivity index (χ1n) is 7.11. The molecule has 0 aliphatic heterocycles. The second kappa shape index (κ2) is 7.74. The van der Waals surface area contributed by atoms with Crippen molar-refractivity contribution in [1.82, 2.24) is 0 Å². The van der Waals surface area contributed by atoms with E-state index in [2.05, 4.69) is 10.1 Å². The number of rotatable bonds is 6. The van der Waals surface area contributed by atoms with E-state index in [-0.39, 0.29) is 6.42 Å². The number of hydrogen-bond donors (Lipinski definition) is 1. The highest BCUT2D eigenvalue weighted by Gasteiger charge is 2.26. The molecule has 1 aromatic carbocycles. The summed E-state index contributed by atoms with van der Waals surface area (Å²) in [5.74, 6) is -1.56. The Balaban J connectivity index is 2.42. The Labute approximate surface area is 143 Å². The zero-order valence-corrected chi connectivity index (χ0v) is 14.4. The van der Waals surface area contributed by atoms with Crippen LogP contribution in [0.2, 0.25) is 0 Å². The Hall–Kier alpha value is -2.67. The van der Waals surface area contributed by atoms with Crippen LogP contribution < -0.4 is 5.32 Å². The molecule has 0 spiro atoms. The first-order chi connectivity index (χ1) is 11.5. The van der Waals surface area contributed by atoms with Crippen LogP contribution in [0.4, 0.5) is 10.7 Å². The number of anilines is 2. The van der Waals surface area contributed by atoms with Gasteiger partial charge in [-0.05, 0) is 24.6 Å². The second-order valence-electron chi connectivity index (χ2n) is 4.92. The third-order valence-electron chi connectivity index (χ3n) is 3.35. The Bertz CT molecular complexity index is 767. The quantitative estimate of drug-likeness (QED) is 0.490. The van der Waals surface area contributed by atoms with E-state index in [0.29, 0.717) is 21.0 Å². The third kappa shape index (κ3) is 3.80. The second-order valence-corrected chi connectivity index (χ2v) is 5.94. The molecule has 2 aromatic rings. The van der Waals surface area contributed by atoms with Crippen molar-refractivity contribution < 1.29 is 23.9 Å². The standard InChI is InChI=1S/C17H17NO5S/c1-10-14(17(21)23-3)16(18-11-7-5-4-6-8-11)24-15(10)12(19)9-13(20)22-2/h4-8,18H,9H2,1-3H3. The van der Waals surface area contributed by atoms with Crippen molar-refractivity contribution in [2.24, 2.45) is 0 Å². The summed E-state index contributed by atoms with van der Waals surface area (Å²) in [5.41, 5.74) is 1.55. The molecule has 0 aliphatic carbocycles. The highest BCUT2D eigenvalue weighted by Crippen LogP contribution is 2.36. The first-order valence-corrected chi connectivity index (χ1v) is 7.93. The molecule has 2 rings (SSSR count). The maximum Gasteiger partial charge on any atom is 0.341 e. The van der Waals surface area contributed by atoms with Crippen LogP contribution in [-0.2, 0) is 14.3 Å². The number of carbonyl (C=O) groups is 3. The fraction of sp³-hybridized carbons (Fsp3) is 0.235. The molecular formula is C17H17NO5S. The van der Waals surface area contributed by atoms with Gasteiger partial charge in [0.2, 0.25) is 0 Å². The number of para-hydroxylation sites is 1. The first kappa shape index (κ1) is 17.7. The molecule has 0 amide bonds. The van der Waals surface area contributed by atoms with Crippen molar-refractivity contribution in [2.45, 2.75) is 13.3 Å². The fourth-order valence-corrected chi connectivity index (χ4v) is 3.30. The summed E-state index contributed by atoms with van der Waals surface area (Å²) in [5, 5.41) is 3.62. The smallest absolute Gasteiger partial charge is 0.341 e. The zero-order chi connectivity index (χ0) is 17.7. The largest absolute Gasteiger partial charge is 0.469 e. The number of nitrogens with one attached hydrogen (secondary N) is 1. The van der Waals surface area contributed by atoms with Gasteiger partial charge in [0.1, 0.15) is 11.4 Å². The van der Waals surface area contributed by atoms with Gasteiger partial charge < -0.3 is 14.8 Å². The molecule has 6 nitrogen and oxygen atoms in total. The maximum absolute atomic E-state index is 12.3. The molecule has 7 heteroatoms. The lowest BCUT2D eigenvalue weighted by Gasteiger charge is -2.06. The van der Waals surface area contributed by atoms with Gasteiger partial charge >= 0.3 is 11.9 Å². The predicted octanol–water partition coefficient (Wildman–Crippen LogP) is 3.33. The minimum absolute atomic E-state index is 0.291. The van der Waals surface area contributed by atoms with E-state index < -0.39 is 17.7 Å². The lowest BCUT2D eigenvalue weighted by molar-refractivity contribution is -0.139. The average molecular weight is 347 g/mol. The van der Waals surface area contributed by atoms with E-state index in [1.54, 1.807) is 6.92 Å². The molecule has 0 unspecified atom stereocenters. The van der Waals surface area contributed by atoms with Gasteiger partial charge in [0.25, 0.3) is 0 Å². The molecule has 1 heterocycles. The average Bonchev–Trinajstić information content (AvgIpc) is 2.91. The summed E-state index contributed by atoms with van der Waals surface area (Å²) >= 11 is 1.12. The highest BCUT2D eigenvalue weighted by molar-refractivity contribution is 7.18. The van der Waals surface area contributed by atoms with E-state index in [1.807, 2.05) is 30.3 Å². The number of carbonyl (C=O) groups excluding carboxylic acids is 3. The van der Waals surface area contributed by atoms with Crippen LogP contribution in [0.3, 0.4) is 0 Å². The third-order valence-corrected chi connectivity index (χ3v) is 4.60. The lowest BCUT2D eigenvalue weighted by Crippen LogP contribution is -2.10. The van der Waals surface area contributed by atoms with Crippen molar-refractivity contribution in [1.29, 1.82) is 0 Å². The van der Waals surface area contributed by atoms with Crippen molar-refractivity contribution in [3.8, 4) is 0 Å². The Kier molecular flexibility index (Phi) is 5.70. The van der Waals surface area contributed by atoms with Gasteiger partial charge in [-0.2, -0.15) is 0 Å². The number of hydrogen-bond acceptors (Lipinski definition) is 7. The number of thiophene rings is 1. The molecule has 1 N–H and O–H groups in total. The van der Waals surface area contributed by atoms with E-state index in [9.17, 15) is 14.4 Å². The van der Waals surface area contributed by atoms with Crippen molar-refractivity contribution in [2.75, 3.05) is 19.5 Å². The Morgan fingerprint density at radius 1 is 1.08 bits per heavy atom. The topological polar surface area (TPSA) is 81.7 Å². The van der Waals surface area contributed by atoms with Crippen molar-refractivity contribution in [3.63, 3.8) is 0 Å². The molecule has 0 fully saturated rings. The zero-order valence-electron chi connectivity index (χ0n) is 13.5. The molecule has 0 radical (unpaired) electrons. The van der Waals surface area contributed by atoms with Crippen LogP contribution in [0.15, 0.2) is 30.3 Å². The molecular weight excluding hydrogens is 330 g/mol. The Morgan fingerprint density at radius 3 is 2.33 bits per heavy atom. The predicted molar refractivity (Wildman–Crippen MR) is 91.1 cm³/mol. The summed E-state index contributed by atoms with van der Waals surface area (Å²) in [7, 11) is 2.50. The summed E-state index contributed by atoms with van der Waals surface area (Å²) in [6.45, 7) is 1.66. The molecule has 1 aromatic heterocycles. The number of Topliss-reactive ketones (excluding diaryl/α,β-unsaturated/α-hetero) is 1. The van der Waals surface area contributed by atoms with E-state index in [1.165, 1.54) is 14.2 Å². The summed E-state index contributed by atoms with van der Waals surface area (Å²) in [4.78, 5) is 36.1. The number of benzene rings is 1. The molecule has 0 atom stereocenters. The van der Waals surface area contributed by atoms with E-state index in [0.717, 1.165) is 17.0 Å². The van der Waals surface area contributed by atoms with Crippen LogP contribution in [-0.4, -0.2) is 31.9 Å². The van der Waals surface area contributed by atoms with Crippen LogP contribution in [0.1, 0.15) is 32.0 Å². The maximum atomic E-state index is 12.3. The monoisotopic (exact) mass is 347 g/mol. The van der Waals surface area contributed by atoms with Crippen LogP contribution in [0, 0.1) is 6.92 Å². The highest BCUT2D eigenvalue weighted by atomic mass is 32.1. The molecule has 0 saturated carbocycles. The van der Waals surface area contributed by atoms with Gasteiger partial charge in [-0.1, -0.05) is 18.2 Å². The van der Waals surface area contributed by atoms with E-state index >= 15 is 0 Å². The van der Waals surface area contributed by atoms with Gasteiger partial charge in [0, 0.05) is 5.69 Å². The number of methoxy groups -OCH3 is 2. The van der Waals surface area contributed by atoms with Crippen LogP contribution >= 0.6 is 11.3 Å². The van der Waals surface area contributed by atoms with Crippen molar-refractivity contribution >= 4 is 39.7 Å². The normalized spacial score (nSPS) is 10.1. The summed E-state index contributed by atoms with van der Waals surface area (Å²) in [6.07, 6.45) is -0.372. The number of ketones is 1. The summed E-state index contributed by atoms with van der Waals surface area (Å²) < 4.78 is 9.34.